The highest BCUT2D eigenvalue weighted by Gasteiger charge is 2.32. The zero-order chi connectivity index (χ0) is 14.7. The Morgan fingerprint density at radius 2 is 2.05 bits per heavy atom. The highest BCUT2D eigenvalue weighted by atomic mass is 32.1. The molecule has 0 unspecified atom stereocenters. The van der Waals surface area contributed by atoms with Gasteiger partial charge in [-0.05, 0) is 23.9 Å². The summed E-state index contributed by atoms with van der Waals surface area (Å²) in [4.78, 5) is 25.5. The Hall–Kier alpha value is -2.34. The second kappa shape index (κ2) is 5.75. The van der Waals surface area contributed by atoms with Crippen LogP contribution < -0.4 is 9.88 Å². The lowest BCUT2D eigenvalue weighted by Crippen LogP contribution is -2.53. The van der Waals surface area contributed by atoms with Crippen LogP contribution in [0, 0.1) is 0 Å². The van der Waals surface area contributed by atoms with Gasteiger partial charge in [0, 0.05) is 18.7 Å². The smallest absolute Gasteiger partial charge is 0.265 e. The van der Waals surface area contributed by atoms with E-state index in [-0.39, 0.29) is 17.2 Å². The van der Waals surface area contributed by atoms with Crippen molar-refractivity contribution in [3.63, 3.8) is 0 Å². The first-order valence-electron chi connectivity index (χ1n) is 5.98. The van der Waals surface area contributed by atoms with Gasteiger partial charge in [-0.15, -0.1) is 6.58 Å². The van der Waals surface area contributed by atoms with Crippen molar-refractivity contribution in [2.75, 3.05) is 6.54 Å². The van der Waals surface area contributed by atoms with E-state index in [0.717, 1.165) is 5.56 Å². The molecule has 2 amide bonds. The van der Waals surface area contributed by atoms with Gasteiger partial charge in [-0.25, -0.2) is 4.57 Å². The summed E-state index contributed by atoms with van der Waals surface area (Å²) in [7, 11) is 1.89. The molecule has 0 radical (unpaired) electrons. The van der Waals surface area contributed by atoms with Crippen LogP contribution in [0.1, 0.15) is 5.56 Å². The first kappa shape index (κ1) is 14.1. The molecule has 6 heteroatoms. The van der Waals surface area contributed by atoms with Crippen LogP contribution in [-0.2, 0) is 16.6 Å². The molecule has 0 spiro atoms. The fraction of sp³-hybridized carbons (Fsp3) is 0.143. The van der Waals surface area contributed by atoms with Crippen LogP contribution in [0.3, 0.4) is 0 Å². The van der Waals surface area contributed by atoms with Crippen LogP contribution in [0.4, 0.5) is 0 Å². The summed E-state index contributed by atoms with van der Waals surface area (Å²) < 4.78 is 1.86. The molecule has 20 heavy (non-hydrogen) atoms. The largest absolute Gasteiger partial charge is 0.298 e. The second-order valence-electron chi connectivity index (χ2n) is 4.32. The first-order chi connectivity index (χ1) is 9.52. The van der Waals surface area contributed by atoms with Gasteiger partial charge in [-0.2, -0.15) is 0 Å². The summed E-state index contributed by atoms with van der Waals surface area (Å²) in [6, 6.07) is 3.64. The van der Waals surface area contributed by atoms with Crippen LogP contribution in [0.25, 0.3) is 6.08 Å². The molecule has 1 N–H and O–H groups in total. The van der Waals surface area contributed by atoms with Gasteiger partial charge in [-0.1, -0.05) is 6.08 Å². The van der Waals surface area contributed by atoms with Crippen molar-refractivity contribution in [2.24, 2.45) is 7.05 Å². The monoisotopic (exact) mass is 288 g/mol. The minimum atomic E-state index is -0.478. The number of hydrogen-bond donors (Lipinski definition) is 1. The summed E-state index contributed by atoms with van der Waals surface area (Å²) in [5.41, 5.74) is 0.835. The van der Waals surface area contributed by atoms with E-state index in [1.807, 2.05) is 36.1 Å². The molecule has 0 aliphatic carbocycles. The standard InChI is InChI=1S/C14H13N3O2S/c1-3-6-17-13(19)11(12(18)15-14(17)20)9-10-4-7-16(2)8-5-10/h3-5,7-9H,1,6H2,2H3/p+1/b11-9+. The molecule has 2 rings (SSSR count). The average molecular weight is 288 g/mol. The quantitative estimate of drug-likeness (QED) is 0.287. The molecule has 0 aromatic carbocycles. The summed E-state index contributed by atoms with van der Waals surface area (Å²) >= 11 is 4.98. The highest BCUT2D eigenvalue weighted by Crippen LogP contribution is 2.13. The number of rotatable bonds is 3. The van der Waals surface area contributed by atoms with Crippen LogP contribution in [-0.4, -0.2) is 28.4 Å². The molecule has 1 aliphatic rings. The van der Waals surface area contributed by atoms with Crippen LogP contribution >= 0.6 is 12.2 Å². The third kappa shape index (κ3) is 2.80. The van der Waals surface area contributed by atoms with Gasteiger partial charge >= 0.3 is 0 Å². The Morgan fingerprint density at radius 1 is 1.40 bits per heavy atom. The van der Waals surface area contributed by atoms with Crippen LogP contribution in [0.15, 0.2) is 42.8 Å². The van der Waals surface area contributed by atoms with Gasteiger partial charge in [0.05, 0.1) is 0 Å². The summed E-state index contributed by atoms with van der Waals surface area (Å²) in [5, 5.41) is 2.61. The predicted octanol–water partition coefficient (Wildman–Crippen LogP) is 0.324. The van der Waals surface area contributed by atoms with E-state index in [0.29, 0.717) is 0 Å². The highest BCUT2D eigenvalue weighted by molar-refractivity contribution is 7.80. The number of hydrogen-bond acceptors (Lipinski definition) is 3. The van der Waals surface area contributed by atoms with Crippen LogP contribution in [0.2, 0.25) is 0 Å². The van der Waals surface area contributed by atoms with Crippen LogP contribution in [0.5, 0.6) is 0 Å². The van der Waals surface area contributed by atoms with E-state index in [4.69, 9.17) is 12.2 Å². The number of carbonyl (C=O) groups is 2. The molecule has 2 heterocycles. The lowest BCUT2D eigenvalue weighted by Gasteiger charge is -2.27. The van der Waals surface area contributed by atoms with Crippen molar-refractivity contribution in [1.29, 1.82) is 0 Å². The Kier molecular flexibility index (Phi) is 4.05. The number of carbonyl (C=O) groups excluding carboxylic acids is 2. The Labute approximate surface area is 122 Å². The SMILES string of the molecule is C=CCN1C(=O)/C(=C/c2cc[n+](C)cc2)C(=O)NC1=S. The number of aromatic nitrogens is 1. The molecule has 0 bridgehead atoms. The molecule has 5 nitrogen and oxygen atoms in total. The number of amides is 2. The molecule has 0 atom stereocenters. The molecule has 102 valence electrons. The topological polar surface area (TPSA) is 53.3 Å². The van der Waals surface area contributed by atoms with E-state index in [2.05, 4.69) is 11.9 Å². The number of aryl methyl sites for hydroxylation is 1. The summed E-state index contributed by atoms with van der Waals surface area (Å²) in [5.74, 6) is -0.889. The molecule has 1 aliphatic heterocycles. The Bertz CT molecular complexity index is 620. The predicted molar refractivity (Wildman–Crippen MR) is 78.2 cm³/mol. The molecule has 1 aromatic rings. The summed E-state index contributed by atoms with van der Waals surface area (Å²) in [6.45, 7) is 3.84. The van der Waals surface area contributed by atoms with Gasteiger partial charge in [0.25, 0.3) is 11.8 Å². The van der Waals surface area contributed by atoms with Crippen molar-refractivity contribution in [3.8, 4) is 0 Å². The lowest BCUT2D eigenvalue weighted by atomic mass is 10.1. The maximum atomic E-state index is 12.3. The number of nitrogens with zero attached hydrogens (tertiary/aromatic N) is 2. The first-order valence-corrected chi connectivity index (χ1v) is 6.39. The van der Waals surface area contributed by atoms with Gasteiger partial charge in [-0.3, -0.25) is 19.8 Å². The second-order valence-corrected chi connectivity index (χ2v) is 4.71. The van der Waals surface area contributed by atoms with E-state index < -0.39 is 11.8 Å². The fourth-order valence-corrected chi connectivity index (χ4v) is 2.01. The Balaban J connectivity index is 2.36. The minimum absolute atomic E-state index is 0.0642. The third-order valence-corrected chi connectivity index (χ3v) is 3.14. The Morgan fingerprint density at radius 3 is 2.65 bits per heavy atom. The van der Waals surface area contributed by atoms with Gasteiger partial charge in [0.2, 0.25) is 0 Å². The minimum Gasteiger partial charge on any atom is -0.298 e. The number of nitrogens with one attached hydrogen (secondary N) is 1. The van der Waals surface area contributed by atoms with Crippen molar-refractivity contribution >= 4 is 35.2 Å². The van der Waals surface area contributed by atoms with Crippen molar-refractivity contribution in [3.05, 3.63) is 48.3 Å². The van der Waals surface area contributed by atoms with Gasteiger partial charge < -0.3 is 0 Å². The lowest BCUT2D eigenvalue weighted by molar-refractivity contribution is -0.671. The van der Waals surface area contributed by atoms with E-state index >= 15 is 0 Å². The summed E-state index contributed by atoms with van der Waals surface area (Å²) in [6.07, 6.45) is 6.78. The zero-order valence-corrected chi connectivity index (χ0v) is 11.8. The van der Waals surface area contributed by atoms with Crippen molar-refractivity contribution < 1.29 is 14.2 Å². The third-order valence-electron chi connectivity index (χ3n) is 2.81. The normalized spacial score (nSPS) is 17.4. The zero-order valence-electron chi connectivity index (χ0n) is 11.0. The van der Waals surface area contributed by atoms with Gasteiger partial charge in [0.15, 0.2) is 17.5 Å². The maximum absolute atomic E-state index is 12.3. The van der Waals surface area contributed by atoms with Crippen molar-refractivity contribution in [1.82, 2.24) is 10.2 Å². The molecule has 0 saturated carbocycles. The molecular formula is C14H14N3O2S+. The maximum Gasteiger partial charge on any atom is 0.265 e. The molecular weight excluding hydrogens is 274 g/mol. The van der Waals surface area contributed by atoms with Gasteiger partial charge in [0.1, 0.15) is 12.6 Å². The molecule has 1 saturated heterocycles. The molecule has 1 aromatic heterocycles. The fourth-order valence-electron chi connectivity index (χ4n) is 1.76. The van der Waals surface area contributed by atoms with Crippen molar-refractivity contribution in [2.45, 2.75) is 0 Å². The van der Waals surface area contributed by atoms with E-state index in [9.17, 15) is 9.59 Å². The van der Waals surface area contributed by atoms with E-state index in [1.54, 1.807) is 12.2 Å². The molecule has 1 fully saturated rings. The number of thiocarbonyl (C=S) groups is 1. The van der Waals surface area contributed by atoms with E-state index in [1.165, 1.54) is 4.90 Å². The average Bonchev–Trinajstić information content (AvgIpc) is 2.41. The number of pyridine rings is 1.